The number of hydrogen-bond donors (Lipinski definition) is 2. The van der Waals surface area contributed by atoms with Crippen LogP contribution in [0.25, 0.3) is 10.9 Å². The monoisotopic (exact) mass is 286 g/mol. The van der Waals surface area contributed by atoms with E-state index >= 15 is 0 Å². The van der Waals surface area contributed by atoms with E-state index in [4.69, 9.17) is 0 Å². The Morgan fingerprint density at radius 1 is 1.10 bits per heavy atom. The molecule has 20 heavy (non-hydrogen) atoms. The number of fused-ring (bicyclic) bond motifs is 1. The average molecular weight is 287 g/mol. The fourth-order valence-corrected chi connectivity index (χ4v) is 2.30. The van der Waals surface area contributed by atoms with Crippen molar-refractivity contribution in [1.82, 2.24) is 15.3 Å². The molecule has 0 radical (unpaired) electrons. The molecule has 0 aliphatic rings. The summed E-state index contributed by atoms with van der Waals surface area (Å²) in [6.07, 6.45) is 6.84. The third-order valence-electron chi connectivity index (χ3n) is 3.30. The summed E-state index contributed by atoms with van der Waals surface area (Å²) in [6.45, 7) is 1.84. The number of para-hydroxylation sites is 1. The van der Waals surface area contributed by atoms with Crippen molar-refractivity contribution in [2.45, 2.75) is 13.0 Å². The lowest BCUT2D eigenvalue weighted by Gasteiger charge is -2.04. The zero-order valence-electron chi connectivity index (χ0n) is 11.1. The fourth-order valence-electron chi connectivity index (χ4n) is 2.30. The summed E-state index contributed by atoms with van der Waals surface area (Å²) in [5.41, 5.74) is 3.81. The third kappa shape index (κ3) is 3.38. The molecule has 3 rings (SSSR count). The molecule has 0 amide bonds. The molecule has 3 aromatic rings. The minimum absolute atomic E-state index is 0. The second-order valence-electron chi connectivity index (χ2n) is 4.65. The molecule has 0 fully saturated rings. The quantitative estimate of drug-likeness (QED) is 0.643. The van der Waals surface area contributed by atoms with Crippen LogP contribution in [0.3, 0.4) is 0 Å². The Morgan fingerprint density at radius 2 is 2.00 bits per heavy atom. The van der Waals surface area contributed by atoms with Gasteiger partial charge < -0.3 is 22.7 Å². The number of H-pyrrole nitrogens is 1. The van der Waals surface area contributed by atoms with Crippen molar-refractivity contribution in [3.05, 3.63) is 66.1 Å². The molecule has 1 aromatic carbocycles. The van der Waals surface area contributed by atoms with Gasteiger partial charge in [-0.15, -0.1) is 0 Å². The maximum absolute atomic E-state index is 4.11. The lowest BCUT2D eigenvalue weighted by Crippen LogP contribution is -3.00. The van der Waals surface area contributed by atoms with Crippen molar-refractivity contribution in [3.63, 3.8) is 0 Å². The van der Waals surface area contributed by atoms with E-state index in [1.165, 1.54) is 22.0 Å². The summed E-state index contributed by atoms with van der Waals surface area (Å²) >= 11 is 0. The van der Waals surface area contributed by atoms with Gasteiger partial charge in [0.05, 0.1) is 0 Å². The standard InChI is InChI=1S/C16H17N3.ClH/c1-2-6-16-15(5-1)14(12-19-16)7-9-18-11-13-4-3-8-17-10-13;/h1-6,8,10,12,18-19H,7,9,11H2;1H/p-1. The van der Waals surface area contributed by atoms with Crippen molar-refractivity contribution in [3.8, 4) is 0 Å². The van der Waals surface area contributed by atoms with E-state index in [1.807, 2.05) is 12.3 Å². The molecule has 4 heteroatoms. The summed E-state index contributed by atoms with van der Waals surface area (Å²) in [5, 5.41) is 4.78. The van der Waals surface area contributed by atoms with E-state index in [2.05, 4.69) is 51.8 Å². The first-order valence-electron chi connectivity index (χ1n) is 6.58. The van der Waals surface area contributed by atoms with Crippen LogP contribution >= 0.6 is 0 Å². The molecule has 0 aliphatic heterocycles. The molecular formula is C16H17ClN3-. The summed E-state index contributed by atoms with van der Waals surface area (Å²) in [6, 6.07) is 12.5. The Balaban J connectivity index is 0.00000147. The molecule has 0 saturated heterocycles. The highest BCUT2D eigenvalue weighted by Gasteiger charge is 2.01. The summed E-state index contributed by atoms with van der Waals surface area (Å²) in [5.74, 6) is 0. The Bertz CT molecular complexity index is 649. The lowest BCUT2D eigenvalue weighted by molar-refractivity contribution is -0.00000391. The normalized spacial score (nSPS) is 10.4. The molecule has 2 aromatic heterocycles. The highest BCUT2D eigenvalue weighted by atomic mass is 35.5. The molecule has 0 bridgehead atoms. The van der Waals surface area contributed by atoms with Gasteiger partial charge in [0.2, 0.25) is 0 Å². The smallest absolute Gasteiger partial charge is 0.0456 e. The summed E-state index contributed by atoms with van der Waals surface area (Å²) in [4.78, 5) is 7.42. The lowest BCUT2D eigenvalue weighted by atomic mass is 10.1. The average Bonchev–Trinajstić information content (AvgIpc) is 2.88. The maximum atomic E-state index is 4.11. The van der Waals surface area contributed by atoms with Crippen molar-refractivity contribution in [1.29, 1.82) is 0 Å². The molecule has 3 nitrogen and oxygen atoms in total. The molecule has 0 aliphatic carbocycles. The number of aromatic amines is 1. The van der Waals surface area contributed by atoms with Gasteiger partial charge >= 0.3 is 0 Å². The van der Waals surface area contributed by atoms with Gasteiger partial charge in [0.25, 0.3) is 0 Å². The number of nitrogens with zero attached hydrogens (tertiary/aromatic N) is 1. The van der Waals surface area contributed by atoms with Crippen LogP contribution in [0.2, 0.25) is 0 Å². The van der Waals surface area contributed by atoms with E-state index in [9.17, 15) is 0 Å². The van der Waals surface area contributed by atoms with Crippen molar-refractivity contribution < 1.29 is 12.4 Å². The molecule has 0 atom stereocenters. The van der Waals surface area contributed by atoms with Crippen LogP contribution in [-0.2, 0) is 13.0 Å². The predicted molar refractivity (Wildman–Crippen MR) is 77.9 cm³/mol. The first-order chi connectivity index (χ1) is 9.43. The number of rotatable bonds is 5. The van der Waals surface area contributed by atoms with Crippen LogP contribution < -0.4 is 17.7 Å². The second kappa shape index (κ2) is 7.08. The largest absolute Gasteiger partial charge is 1.00 e. The highest BCUT2D eigenvalue weighted by Crippen LogP contribution is 2.17. The Kier molecular flexibility index (Phi) is 5.16. The minimum Gasteiger partial charge on any atom is -1.00 e. The predicted octanol–water partition coefficient (Wildman–Crippen LogP) is -0.101. The number of aromatic nitrogens is 2. The summed E-state index contributed by atoms with van der Waals surface area (Å²) < 4.78 is 0. The zero-order valence-corrected chi connectivity index (χ0v) is 11.9. The maximum Gasteiger partial charge on any atom is 0.0456 e. The Labute approximate surface area is 124 Å². The van der Waals surface area contributed by atoms with E-state index in [0.717, 1.165) is 19.5 Å². The first kappa shape index (κ1) is 14.6. The topological polar surface area (TPSA) is 40.7 Å². The Morgan fingerprint density at radius 3 is 2.85 bits per heavy atom. The van der Waals surface area contributed by atoms with Gasteiger partial charge in [0.15, 0.2) is 0 Å². The van der Waals surface area contributed by atoms with Crippen LogP contribution in [0.5, 0.6) is 0 Å². The number of hydrogen-bond acceptors (Lipinski definition) is 2. The van der Waals surface area contributed by atoms with Gasteiger partial charge in [0.1, 0.15) is 0 Å². The van der Waals surface area contributed by atoms with Crippen LogP contribution in [0.1, 0.15) is 11.1 Å². The van der Waals surface area contributed by atoms with Crippen LogP contribution in [-0.4, -0.2) is 16.5 Å². The van der Waals surface area contributed by atoms with Gasteiger partial charge in [-0.1, -0.05) is 24.3 Å². The van der Waals surface area contributed by atoms with Gasteiger partial charge in [-0.05, 0) is 36.2 Å². The molecule has 0 spiro atoms. The van der Waals surface area contributed by atoms with E-state index in [-0.39, 0.29) is 12.4 Å². The molecule has 104 valence electrons. The van der Waals surface area contributed by atoms with E-state index in [1.54, 1.807) is 6.20 Å². The van der Waals surface area contributed by atoms with Gasteiger partial charge in [-0.25, -0.2) is 0 Å². The summed E-state index contributed by atoms with van der Waals surface area (Å²) in [7, 11) is 0. The first-order valence-corrected chi connectivity index (χ1v) is 6.58. The molecule has 0 saturated carbocycles. The Hall–Kier alpha value is -1.84. The second-order valence-corrected chi connectivity index (χ2v) is 4.65. The van der Waals surface area contributed by atoms with E-state index < -0.39 is 0 Å². The number of pyridine rings is 1. The van der Waals surface area contributed by atoms with Gasteiger partial charge in [0, 0.05) is 36.0 Å². The molecular weight excluding hydrogens is 270 g/mol. The van der Waals surface area contributed by atoms with E-state index in [0.29, 0.717) is 0 Å². The van der Waals surface area contributed by atoms with Crippen molar-refractivity contribution >= 4 is 10.9 Å². The fraction of sp³-hybridized carbons (Fsp3) is 0.188. The SMILES string of the molecule is [Cl-].c1cncc(CNCCc2c[nH]c3ccccc23)c1. The van der Waals surface area contributed by atoms with Crippen LogP contribution in [0.4, 0.5) is 0 Å². The number of benzene rings is 1. The number of nitrogens with one attached hydrogen (secondary N) is 2. The molecule has 0 unspecified atom stereocenters. The van der Waals surface area contributed by atoms with Gasteiger partial charge in [-0.2, -0.15) is 0 Å². The zero-order chi connectivity index (χ0) is 12.9. The third-order valence-corrected chi connectivity index (χ3v) is 3.30. The highest BCUT2D eigenvalue weighted by molar-refractivity contribution is 5.83. The van der Waals surface area contributed by atoms with Crippen LogP contribution in [0, 0.1) is 0 Å². The number of halogens is 1. The molecule has 2 N–H and O–H groups in total. The minimum atomic E-state index is 0. The van der Waals surface area contributed by atoms with Crippen molar-refractivity contribution in [2.24, 2.45) is 0 Å². The van der Waals surface area contributed by atoms with Crippen molar-refractivity contribution in [2.75, 3.05) is 6.54 Å². The molecule has 2 heterocycles. The van der Waals surface area contributed by atoms with Crippen LogP contribution in [0.15, 0.2) is 55.0 Å². The van der Waals surface area contributed by atoms with Gasteiger partial charge in [-0.3, -0.25) is 4.98 Å².